The van der Waals surface area contributed by atoms with Crippen molar-refractivity contribution in [3.63, 3.8) is 0 Å². The lowest BCUT2D eigenvalue weighted by atomic mass is 9.98. The number of fused-ring (bicyclic) bond motifs is 2. The number of carbonyl (C=O) groups excluding carboxylic acids is 1. The Morgan fingerprint density at radius 3 is 1.81 bits per heavy atom. The predicted molar refractivity (Wildman–Crippen MR) is 108 cm³/mol. The van der Waals surface area contributed by atoms with Gasteiger partial charge in [-0.1, -0.05) is 30.3 Å². The van der Waals surface area contributed by atoms with Crippen molar-refractivity contribution >= 4 is 26.8 Å². The highest BCUT2D eigenvalue weighted by molar-refractivity contribution is 7.80. The molecule has 4 atom stereocenters. The summed E-state index contributed by atoms with van der Waals surface area (Å²) in [6.07, 6.45) is 4.26. The van der Waals surface area contributed by atoms with Gasteiger partial charge in [-0.25, -0.2) is 0 Å². The number of ether oxygens (including phenoxy) is 1. The normalized spacial score (nSPS) is 24.1. The molecule has 2 unspecified atom stereocenters. The second-order valence-electron chi connectivity index (χ2n) is 7.12. The van der Waals surface area contributed by atoms with Gasteiger partial charge in [-0.3, -0.25) is 23.0 Å². The fourth-order valence-electron chi connectivity index (χ4n) is 3.71. The minimum Gasteiger partial charge on any atom is -0.462 e. The Bertz CT molecular complexity index is 845. The molecule has 0 aromatic heterocycles. The summed E-state index contributed by atoms with van der Waals surface area (Å²) >= 11 is 0. The number of aliphatic hydroxyl groups excluding tert-OH is 1. The van der Waals surface area contributed by atoms with E-state index in [0.29, 0.717) is 12.1 Å². The van der Waals surface area contributed by atoms with Gasteiger partial charge in [0.15, 0.2) is 0 Å². The molecule has 1 aromatic rings. The molecule has 2 aliphatic rings. The third-order valence-electron chi connectivity index (χ3n) is 5.01. The quantitative estimate of drug-likeness (QED) is 0.295. The Balaban J connectivity index is 0.000000404. The Hall–Kier alpha value is -1.65. The molecule has 0 radical (unpaired) electrons. The molecule has 0 amide bonds. The highest BCUT2D eigenvalue weighted by Gasteiger charge is 2.40. The van der Waals surface area contributed by atoms with E-state index in [-0.39, 0.29) is 18.7 Å². The fraction of sp³-hybridized carbons (Fsp3) is 0.588. The zero-order valence-electron chi connectivity index (χ0n) is 16.7. The summed E-state index contributed by atoms with van der Waals surface area (Å²) in [5, 5.41) is 9.53. The summed E-state index contributed by atoms with van der Waals surface area (Å²) in [6, 6.07) is 10.5. The van der Waals surface area contributed by atoms with Crippen LogP contribution in [-0.4, -0.2) is 82.9 Å². The predicted octanol–water partition coefficient (Wildman–Crippen LogP) is 0.625. The van der Waals surface area contributed by atoms with Crippen LogP contribution in [0.15, 0.2) is 30.3 Å². The first-order chi connectivity index (χ1) is 14.2. The van der Waals surface area contributed by atoms with Gasteiger partial charge in [0.2, 0.25) is 0 Å². The van der Waals surface area contributed by atoms with Crippen LogP contribution in [0.3, 0.4) is 0 Å². The molecule has 0 saturated carbocycles. The van der Waals surface area contributed by atoms with Crippen LogP contribution < -0.4 is 0 Å². The monoisotopic (exact) mass is 485 g/mol. The summed E-state index contributed by atoms with van der Waals surface area (Å²) < 4.78 is 68.9. The van der Waals surface area contributed by atoms with Gasteiger partial charge >= 0.3 is 26.8 Å². The summed E-state index contributed by atoms with van der Waals surface area (Å²) in [7, 11) is -7.17. The largest absolute Gasteiger partial charge is 0.462 e. The highest BCUT2D eigenvalue weighted by atomic mass is 32.3. The maximum absolute atomic E-state index is 12.4. The molecule has 2 heterocycles. The Morgan fingerprint density at radius 1 is 1.00 bits per heavy atom. The molecule has 2 bridgehead atoms. The average Bonchev–Trinajstić information content (AvgIpc) is 2.82. The molecule has 14 heteroatoms. The SMILES string of the molecule is CN1[C@@H]2CC[C@H]1CC(OC(=O)C(CO)c1ccccc1)C2.O=S(=O)(O)O.O=S(=O)(O)O. The number of benzene rings is 1. The molecule has 2 aliphatic heterocycles. The maximum Gasteiger partial charge on any atom is 0.394 e. The zero-order chi connectivity index (χ0) is 23.8. The maximum atomic E-state index is 12.4. The van der Waals surface area contributed by atoms with Gasteiger partial charge in [0.1, 0.15) is 12.0 Å². The molecule has 178 valence electrons. The van der Waals surface area contributed by atoms with Gasteiger partial charge < -0.3 is 14.7 Å². The minimum absolute atomic E-state index is 0.00367. The molecular weight excluding hydrogens is 458 g/mol. The summed E-state index contributed by atoms with van der Waals surface area (Å²) in [6.45, 7) is -0.206. The first-order valence-corrected chi connectivity index (χ1v) is 12.0. The van der Waals surface area contributed by atoms with E-state index >= 15 is 0 Å². The minimum atomic E-state index is -4.67. The van der Waals surface area contributed by atoms with Crippen molar-refractivity contribution in [3.05, 3.63) is 35.9 Å². The first kappa shape index (κ1) is 27.4. The van der Waals surface area contributed by atoms with E-state index in [1.165, 1.54) is 12.8 Å². The van der Waals surface area contributed by atoms with Crippen LogP contribution in [-0.2, 0) is 30.3 Å². The Kier molecular flexibility index (Phi) is 10.4. The third kappa shape index (κ3) is 11.5. The van der Waals surface area contributed by atoms with E-state index in [9.17, 15) is 9.90 Å². The number of esters is 1. The third-order valence-corrected chi connectivity index (χ3v) is 5.01. The lowest BCUT2D eigenvalue weighted by Gasteiger charge is -2.36. The van der Waals surface area contributed by atoms with Gasteiger partial charge in [-0.2, -0.15) is 16.8 Å². The number of aliphatic hydroxyl groups is 1. The van der Waals surface area contributed by atoms with E-state index in [4.69, 9.17) is 39.8 Å². The molecule has 0 aliphatic carbocycles. The van der Waals surface area contributed by atoms with Crippen molar-refractivity contribution in [1.82, 2.24) is 4.90 Å². The Morgan fingerprint density at radius 2 is 1.42 bits per heavy atom. The van der Waals surface area contributed by atoms with Crippen LogP contribution in [0.25, 0.3) is 0 Å². The molecular formula is C17H27NO11S2. The number of carbonyl (C=O) groups is 1. The second-order valence-corrected chi connectivity index (χ2v) is 8.91. The van der Waals surface area contributed by atoms with Crippen LogP contribution in [0.2, 0.25) is 0 Å². The van der Waals surface area contributed by atoms with Gasteiger partial charge in [0.25, 0.3) is 0 Å². The van der Waals surface area contributed by atoms with Crippen molar-refractivity contribution < 1.29 is 49.7 Å². The molecule has 2 fully saturated rings. The van der Waals surface area contributed by atoms with Gasteiger partial charge in [0.05, 0.1) is 6.61 Å². The van der Waals surface area contributed by atoms with Gasteiger partial charge in [0, 0.05) is 12.1 Å². The molecule has 5 N–H and O–H groups in total. The van der Waals surface area contributed by atoms with Crippen molar-refractivity contribution in [3.8, 4) is 0 Å². The van der Waals surface area contributed by atoms with E-state index < -0.39 is 26.7 Å². The lowest BCUT2D eigenvalue weighted by Crippen LogP contribution is -2.43. The number of hydrogen-bond acceptors (Lipinski definition) is 8. The number of hydrogen-bond donors (Lipinski definition) is 5. The van der Waals surface area contributed by atoms with Crippen molar-refractivity contribution in [2.45, 2.75) is 49.8 Å². The number of rotatable bonds is 4. The molecule has 0 spiro atoms. The van der Waals surface area contributed by atoms with E-state index in [0.717, 1.165) is 18.4 Å². The lowest BCUT2D eigenvalue weighted by molar-refractivity contribution is -0.155. The van der Waals surface area contributed by atoms with Crippen LogP contribution >= 0.6 is 0 Å². The van der Waals surface area contributed by atoms with Gasteiger partial charge in [-0.15, -0.1) is 0 Å². The molecule has 2 saturated heterocycles. The summed E-state index contributed by atoms with van der Waals surface area (Å²) in [5.41, 5.74) is 0.820. The van der Waals surface area contributed by atoms with Crippen molar-refractivity contribution in [2.75, 3.05) is 13.7 Å². The average molecular weight is 486 g/mol. The first-order valence-electron chi connectivity index (χ1n) is 9.17. The summed E-state index contributed by atoms with van der Waals surface area (Å²) in [5.74, 6) is -0.860. The van der Waals surface area contributed by atoms with Crippen LogP contribution in [0, 0.1) is 0 Å². The molecule has 12 nitrogen and oxygen atoms in total. The smallest absolute Gasteiger partial charge is 0.394 e. The van der Waals surface area contributed by atoms with E-state index in [2.05, 4.69) is 11.9 Å². The zero-order valence-corrected chi connectivity index (χ0v) is 18.3. The molecule has 1 aromatic carbocycles. The van der Waals surface area contributed by atoms with Crippen molar-refractivity contribution in [2.24, 2.45) is 0 Å². The van der Waals surface area contributed by atoms with E-state index in [1.54, 1.807) is 0 Å². The standard InChI is InChI=1S/C17H23NO3.2H2O4S/c1-18-13-7-8-14(18)10-15(9-13)21-17(20)16(11-19)12-5-3-2-4-6-12;2*1-5(2,3)4/h2-6,13-16,19H,7-11H2,1H3;2*(H2,1,2,3,4)/t13-,14+,15?,16?;;. The summed E-state index contributed by atoms with van der Waals surface area (Å²) in [4.78, 5) is 14.8. The number of nitrogens with zero attached hydrogens (tertiary/aromatic N) is 1. The number of piperidine rings is 1. The highest BCUT2D eigenvalue weighted by Crippen LogP contribution is 2.36. The van der Waals surface area contributed by atoms with Crippen LogP contribution in [0.1, 0.15) is 37.2 Å². The Labute approximate surface area is 181 Å². The van der Waals surface area contributed by atoms with E-state index in [1.807, 2.05) is 30.3 Å². The van der Waals surface area contributed by atoms with Gasteiger partial charge in [-0.05, 0) is 38.3 Å². The van der Waals surface area contributed by atoms with Crippen LogP contribution in [0.4, 0.5) is 0 Å². The van der Waals surface area contributed by atoms with Crippen molar-refractivity contribution in [1.29, 1.82) is 0 Å². The topological polar surface area (TPSA) is 199 Å². The fourth-order valence-corrected chi connectivity index (χ4v) is 3.71. The van der Waals surface area contributed by atoms with Crippen LogP contribution in [0.5, 0.6) is 0 Å². The second kappa shape index (κ2) is 11.8. The molecule has 31 heavy (non-hydrogen) atoms. The molecule has 3 rings (SSSR count).